The van der Waals surface area contributed by atoms with Gasteiger partial charge in [0.1, 0.15) is 18.2 Å². The Hall–Kier alpha value is -2.92. The zero-order valence-corrected chi connectivity index (χ0v) is 18.8. The van der Waals surface area contributed by atoms with Crippen LogP contribution in [0.15, 0.2) is 60.8 Å². The van der Waals surface area contributed by atoms with E-state index in [0.29, 0.717) is 17.0 Å². The van der Waals surface area contributed by atoms with Gasteiger partial charge in [0.15, 0.2) is 0 Å². The molecule has 0 saturated heterocycles. The predicted octanol–water partition coefficient (Wildman–Crippen LogP) is 6.47. The summed E-state index contributed by atoms with van der Waals surface area (Å²) in [5, 5.41) is 9.34. The summed E-state index contributed by atoms with van der Waals surface area (Å²) >= 11 is 0. The Kier molecular flexibility index (Phi) is 6.71. The molecule has 8 heteroatoms. The van der Waals surface area contributed by atoms with Crippen LogP contribution >= 0.6 is 9.24 Å². The number of carboxylic acids is 1. The van der Waals surface area contributed by atoms with Gasteiger partial charge in [-0.2, -0.15) is 8.78 Å². The molecule has 1 fully saturated rings. The SMILES string of the molecule is O=C(O)c1ccnc(C2CCCC2c2cc(C(F)(F)P)ccc2OCc2ccc(F)cc2)c1. The van der Waals surface area contributed by atoms with E-state index in [2.05, 4.69) is 4.98 Å². The summed E-state index contributed by atoms with van der Waals surface area (Å²) in [6, 6.07) is 13.2. The molecule has 1 heterocycles. The van der Waals surface area contributed by atoms with Crippen LogP contribution in [0.3, 0.4) is 0 Å². The third kappa shape index (κ3) is 5.36. The largest absolute Gasteiger partial charge is 0.489 e. The van der Waals surface area contributed by atoms with Crippen LogP contribution in [0.1, 0.15) is 63.8 Å². The topological polar surface area (TPSA) is 59.4 Å². The molecular formula is C25H23F3NO3P. The molecule has 33 heavy (non-hydrogen) atoms. The molecule has 3 atom stereocenters. The summed E-state index contributed by atoms with van der Waals surface area (Å²) in [5.41, 5.74) is -1.08. The van der Waals surface area contributed by atoms with Gasteiger partial charge >= 0.3 is 5.97 Å². The third-order valence-corrected chi connectivity index (χ3v) is 6.36. The highest BCUT2D eigenvalue weighted by Gasteiger charge is 2.35. The van der Waals surface area contributed by atoms with Gasteiger partial charge in [-0.15, -0.1) is 0 Å². The van der Waals surface area contributed by atoms with Crippen molar-refractivity contribution in [3.63, 3.8) is 0 Å². The van der Waals surface area contributed by atoms with E-state index in [9.17, 15) is 23.1 Å². The summed E-state index contributed by atoms with van der Waals surface area (Å²) in [6.45, 7) is 0.161. The molecule has 4 nitrogen and oxygen atoms in total. The average molecular weight is 473 g/mol. The molecule has 0 radical (unpaired) electrons. The minimum absolute atomic E-state index is 0.120. The number of carbonyl (C=O) groups is 1. The molecule has 4 rings (SSSR count). The molecule has 0 bridgehead atoms. The molecule has 1 aliphatic rings. The second-order valence-electron chi connectivity index (χ2n) is 8.21. The van der Waals surface area contributed by atoms with Crippen molar-refractivity contribution in [2.24, 2.45) is 0 Å². The van der Waals surface area contributed by atoms with Crippen molar-refractivity contribution < 1.29 is 27.8 Å². The molecule has 1 N–H and O–H groups in total. The van der Waals surface area contributed by atoms with Crippen molar-refractivity contribution in [3.05, 3.63) is 94.6 Å². The Balaban J connectivity index is 1.69. The lowest BCUT2D eigenvalue weighted by Gasteiger charge is -2.24. The first-order valence-electron chi connectivity index (χ1n) is 10.6. The van der Waals surface area contributed by atoms with Crippen LogP contribution in [-0.4, -0.2) is 16.1 Å². The summed E-state index contributed by atoms with van der Waals surface area (Å²) in [4.78, 5) is 15.8. The van der Waals surface area contributed by atoms with Crippen molar-refractivity contribution in [1.82, 2.24) is 4.98 Å². The van der Waals surface area contributed by atoms with Crippen molar-refractivity contribution in [2.45, 2.75) is 43.4 Å². The second-order valence-corrected chi connectivity index (χ2v) is 8.93. The highest BCUT2D eigenvalue weighted by Crippen LogP contribution is 2.49. The van der Waals surface area contributed by atoms with Crippen LogP contribution in [0.5, 0.6) is 5.75 Å². The first-order valence-corrected chi connectivity index (χ1v) is 11.2. The number of aromatic nitrogens is 1. The van der Waals surface area contributed by atoms with Crippen molar-refractivity contribution in [3.8, 4) is 5.75 Å². The minimum Gasteiger partial charge on any atom is -0.489 e. The van der Waals surface area contributed by atoms with Gasteiger partial charge in [0.25, 0.3) is 5.66 Å². The van der Waals surface area contributed by atoms with E-state index in [1.165, 1.54) is 36.5 Å². The highest BCUT2D eigenvalue weighted by molar-refractivity contribution is 7.17. The molecule has 0 amide bonds. The van der Waals surface area contributed by atoms with Crippen LogP contribution in [-0.2, 0) is 12.3 Å². The standard InChI is InChI=1S/C25H23F3NO3P/c26-18-7-4-15(5-8-18)14-32-23-9-6-17(25(27,28)33)13-21(23)19-2-1-3-20(19)22-12-16(24(30)31)10-11-29-22/h4-13,19-20H,1-3,14,33H2,(H,30,31). The summed E-state index contributed by atoms with van der Waals surface area (Å²) in [5.74, 6) is -1.19. The first kappa shape index (κ1) is 23.2. The molecule has 2 aromatic carbocycles. The van der Waals surface area contributed by atoms with E-state index in [1.807, 2.05) is 0 Å². The van der Waals surface area contributed by atoms with Gasteiger partial charge < -0.3 is 9.84 Å². The third-order valence-electron chi connectivity index (χ3n) is 6.03. The van der Waals surface area contributed by atoms with E-state index in [1.54, 1.807) is 33.5 Å². The number of nitrogens with zero attached hydrogens (tertiary/aromatic N) is 1. The zero-order valence-electron chi connectivity index (χ0n) is 17.7. The van der Waals surface area contributed by atoms with Crippen LogP contribution in [0, 0.1) is 5.82 Å². The van der Waals surface area contributed by atoms with Crippen LogP contribution in [0.25, 0.3) is 0 Å². The van der Waals surface area contributed by atoms with Gasteiger partial charge in [0.2, 0.25) is 0 Å². The van der Waals surface area contributed by atoms with E-state index >= 15 is 0 Å². The monoisotopic (exact) mass is 473 g/mol. The first-order chi connectivity index (χ1) is 15.7. The van der Waals surface area contributed by atoms with E-state index in [4.69, 9.17) is 4.74 Å². The second kappa shape index (κ2) is 9.52. The lowest BCUT2D eigenvalue weighted by Crippen LogP contribution is -2.12. The van der Waals surface area contributed by atoms with Gasteiger partial charge in [-0.05, 0) is 72.4 Å². The van der Waals surface area contributed by atoms with Gasteiger partial charge in [-0.1, -0.05) is 27.8 Å². The lowest BCUT2D eigenvalue weighted by atomic mass is 9.85. The number of rotatable bonds is 7. The molecule has 3 aromatic rings. The summed E-state index contributed by atoms with van der Waals surface area (Å²) in [7, 11) is 1.56. The lowest BCUT2D eigenvalue weighted by molar-refractivity contribution is 0.0696. The van der Waals surface area contributed by atoms with Gasteiger partial charge in [0, 0.05) is 23.4 Å². The molecule has 172 valence electrons. The predicted molar refractivity (Wildman–Crippen MR) is 121 cm³/mol. The van der Waals surface area contributed by atoms with Gasteiger partial charge in [-0.3, -0.25) is 4.98 Å². The van der Waals surface area contributed by atoms with Crippen LogP contribution in [0.2, 0.25) is 0 Å². The number of hydrogen-bond donors (Lipinski definition) is 1. The smallest absolute Gasteiger partial charge is 0.335 e. The fraction of sp³-hybridized carbons (Fsp3) is 0.280. The van der Waals surface area contributed by atoms with Crippen LogP contribution in [0.4, 0.5) is 13.2 Å². The fourth-order valence-corrected chi connectivity index (χ4v) is 4.57. The maximum absolute atomic E-state index is 14.1. The Bertz CT molecular complexity index is 1150. The normalized spacial score (nSPS) is 18.3. The number of ether oxygens (including phenoxy) is 1. The highest BCUT2D eigenvalue weighted by atomic mass is 31.0. The van der Waals surface area contributed by atoms with E-state index < -0.39 is 11.6 Å². The average Bonchev–Trinajstić information content (AvgIpc) is 3.28. The maximum Gasteiger partial charge on any atom is 0.335 e. The molecule has 3 unspecified atom stereocenters. The zero-order chi connectivity index (χ0) is 23.6. The fourth-order valence-electron chi connectivity index (χ4n) is 4.39. The number of alkyl halides is 2. The van der Waals surface area contributed by atoms with Crippen LogP contribution < -0.4 is 4.74 Å². The molecular weight excluding hydrogens is 450 g/mol. The molecule has 1 aliphatic carbocycles. The maximum atomic E-state index is 14.1. The Morgan fingerprint density at radius 3 is 2.52 bits per heavy atom. The molecule has 0 aliphatic heterocycles. The quantitative estimate of drug-likeness (QED) is 0.400. The molecule has 1 saturated carbocycles. The number of halogens is 3. The molecule has 0 spiro atoms. The minimum atomic E-state index is -3.10. The Morgan fingerprint density at radius 2 is 1.82 bits per heavy atom. The number of aromatic carboxylic acids is 1. The van der Waals surface area contributed by atoms with Gasteiger partial charge in [0.05, 0.1) is 5.56 Å². The van der Waals surface area contributed by atoms with Crippen molar-refractivity contribution >= 4 is 15.2 Å². The summed E-state index contributed by atoms with van der Waals surface area (Å²) in [6.07, 6.45) is 3.82. The van der Waals surface area contributed by atoms with Crippen molar-refractivity contribution in [1.29, 1.82) is 0 Å². The van der Waals surface area contributed by atoms with E-state index in [0.717, 1.165) is 24.8 Å². The number of carboxylic acid groups (broad SMARTS) is 1. The van der Waals surface area contributed by atoms with E-state index in [-0.39, 0.29) is 35.4 Å². The summed E-state index contributed by atoms with van der Waals surface area (Å²) < 4.78 is 47.4. The van der Waals surface area contributed by atoms with Crippen molar-refractivity contribution in [2.75, 3.05) is 0 Å². The molecule has 1 aromatic heterocycles. The Morgan fingerprint density at radius 1 is 1.09 bits per heavy atom. The van der Waals surface area contributed by atoms with Gasteiger partial charge in [-0.25, -0.2) is 9.18 Å². The number of hydrogen-bond acceptors (Lipinski definition) is 3. The Labute approximate surface area is 192 Å². The number of benzene rings is 2. The number of pyridine rings is 1.